The van der Waals surface area contributed by atoms with E-state index in [1.54, 1.807) is 0 Å². The molecule has 3 nitrogen and oxygen atoms in total. The molecule has 0 spiro atoms. The lowest BCUT2D eigenvalue weighted by molar-refractivity contribution is 0.687. The Morgan fingerprint density at radius 2 is 2.26 bits per heavy atom. The van der Waals surface area contributed by atoms with Gasteiger partial charge in [0.2, 0.25) is 0 Å². The van der Waals surface area contributed by atoms with Gasteiger partial charge >= 0.3 is 0 Å². The lowest BCUT2D eigenvalue weighted by Gasteiger charge is -2.08. The van der Waals surface area contributed by atoms with Gasteiger partial charge in [-0.2, -0.15) is 16.9 Å². The van der Waals surface area contributed by atoms with Gasteiger partial charge in [0.1, 0.15) is 0 Å². The van der Waals surface area contributed by atoms with Crippen molar-refractivity contribution in [1.29, 1.82) is 0 Å². The summed E-state index contributed by atoms with van der Waals surface area (Å²) < 4.78 is 1.94. The first kappa shape index (κ1) is 14.0. The number of rotatable bonds is 8. The zero-order chi connectivity index (χ0) is 13.3. The summed E-state index contributed by atoms with van der Waals surface area (Å²) in [6.07, 6.45) is 5.01. The molecule has 0 unspecified atom stereocenters. The van der Waals surface area contributed by atoms with Crippen LogP contribution in [0.25, 0.3) is 0 Å². The van der Waals surface area contributed by atoms with E-state index >= 15 is 0 Å². The van der Waals surface area contributed by atoms with Crippen molar-refractivity contribution in [2.75, 3.05) is 23.4 Å². The third-order valence-electron chi connectivity index (χ3n) is 2.83. The van der Waals surface area contributed by atoms with Crippen molar-refractivity contribution in [1.82, 2.24) is 9.78 Å². The Bertz CT molecular complexity index is 468. The number of thioether (sulfide) groups is 1. The molecule has 19 heavy (non-hydrogen) atoms. The van der Waals surface area contributed by atoms with Crippen LogP contribution in [0.3, 0.4) is 0 Å². The Morgan fingerprint density at radius 3 is 3.05 bits per heavy atom. The normalized spacial score (nSPS) is 10.6. The average molecular weight is 275 g/mol. The van der Waals surface area contributed by atoms with Crippen LogP contribution < -0.4 is 5.32 Å². The van der Waals surface area contributed by atoms with Gasteiger partial charge in [0.25, 0.3) is 0 Å². The third kappa shape index (κ3) is 4.99. The van der Waals surface area contributed by atoms with Crippen LogP contribution in [0.1, 0.15) is 18.9 Å². The maximum Gasteiger partial charge on any atom is 0.0660 e. The second-order valence-corrected chi connectivity index (χ2v) is 5.78. The SMILES string of the molecule is CCSCCCNc1cccc(Cn2cccn2)c1. The quantitative estimate of drug-likeness (QED) is 0.748. The summed E-state index contributed by atoms with van der Waals surface area (Å²) >= 11 is 2.00. The highest BCUT2D eigenvalue weighted by molar-refractivity contribution is 7.99. The minimum absolute atomic E-state index is 0.828. The van der Waals surface area contributed by atoms with Gasteiger partial charge in [-0.25, -0.2) is 0 Å². The molecular formula is C15H21N3S. The lowest BCUT2D eigenvalue weighted by Crippen LogP contribution is -2.04. The van der Waals surface area contributed by atoms with E-state index in [0.29, 0.717) is 0 Å². The first-order valence-electron chi connectivity index (χ1n) is 6.76. The summed E-state index contributed by atoms with van der Waals surface area (Å²) in [6.45, 7) is 4.07. The fourth-order valence-electron chi connectivity index (χ4n) is 1.91. The number of hydrogen-bond acceptors (Lipinski definition) is 3. The molecule has 0 aliphatic rings. The minimum atomic E-state index is 0.828. The molecular weight excluding hydrogens is 254 g/mol. The molecule has 0 saturated carbocycles. The van der Waals surface area contributed by atoms with Gasteiger partial charge in [-0.15, -0.1) is 0 Å². The molecule has 1 heterocycles. The Morgan fingerprint density at radius 1 is 1.32 bits per heavy atom. The van der Waals surface area contributed by atoms with Gasteiger partial charge in [-0.05, 0) is 41.7 Å². The number of nitrogens with zero attached hydrogens (tertiary/aromatic N) is 2. The van der Waals surface area contributed by atoms with E-state index in [1.165, 1.54) is 29.2 Å². The van der Waals surface area contributed by atoms with Crippen molar-refractivity contribution in [2.45, 2.75) is 19.9 Å². The van der Waals surface area contributed by atoms with Crippen LogP contribution in [0, 0.1) is 0 Å². The van der Waals surface area contributed by atoms with Crippen molar-refractivity contribution in [3.05, 3.63) is 48.3 Å². The van der Waals surface area contributed by atoms with Crippen molar-refractivity contribution in [2.24, 2.45) is 0 Å². The van der Waals surface area contributed by atoms with Crippen LogP contribution in [-0.2, 0) is 6.54 Å². The molecule has 0 aliphatic heterocycles. The summed E-state index contributed by atoms with van der Waals surface area (Å²) in [5, 5.41) is 7.71. The van der Waals surface area contributed by atoms with Crippen LogP contribution in [0.4, 0.5) is 5.69 Å². The van der Waals surface area contributed by atoms with Crippen molar-refractivity contribution < 1.29 is 0 Å². The van der Waals surface area contributed by atoms with E-state index in [2.05, 4.69) is 41.6 Å². The Labute approximate surface area is 119 Å². The molecule has 1 aromatic carbocycles. The molecule has 1 N–H and O–H groups in total. The van der Waals surface area contributed by atoms with Crippen LogP contribution in [-0.4, -0.2) is 27.8 Å². The molecule has 0 radical (unpaired) electrons. The smallest absolute Gasteiger partial charge is 0.0660 e. The van der Waals surface area contributed by atoms with Crippen LogP contribution >= 0.6 is 11.8 Å². The molecule has 2 rings (SSSR count). The first-order chi connectivity index (χ1) is 9.38. The first-order valence-corrected chi connectivity index (χ1v) is 7.92. The second kappa shape index (κ2) is 7.89. The highest BCUT2D eigenvalue weighted by Crippen LogP contribution is 2.12. The minimum Gasteiger partial charge on any atom is -0.385 e. The summed E-state index contributed by atoms with van der Waals surface area (Å²) in [6, 6.07) is 10.5. The maximum atomic E-state index is 4.23. The predicted octanol–water partition coefficient (Wildman–Crippen LogP) is 3.49. The highest BCUT2D eigenvalue weighted by atomic mass is 32.2. The third-order valence-corrected chi connectivity index (χ3v) is 3.82. The van der Waals surface area contributed by atoms with E-state index < -0.39 is 0 Å². The fraction of sp³-hybridized carbons (Fsp3) is 0.400. The number of benzene rings is 1. The van der Waals surface area contributed by atoms with Gasteiger partial charge in [0, 0.05) is 24.6 Å². The number of aromatic nitrogens is 2. The van der Waals surface area contributed by atoms with Crippen molar-refractivity contribution in [3.63, 3.8) is 0 Å². The van der Waals surface area contributed by atoms with Gasteiger partial charge in [0.05, 0.1) is 6.54 Å². The van der Waals surface area contributed by atoms with Gasteiger partial charge < -0.3 is 5.32 Å². The zero-order valence-corrected chi connectivity index (χ0v) is 12.2. The molecule has 0 atom stereocenters. The Balaban J connectivity index is 1.81. The van der Waals surface area contributed by atoms with Crippen LogP contribution in [0.5, 0.6) is 0 Å². The fourth-order valence-corrected chi connectivity index (χ4v) is 2.55. The summed E-state index contributed by atoms with van der Waals surface area (Å²) in [5.41, 5.74) is 2.47. The monoisotopic (exact) mass is 275 g/mol. The van der Waals surface area contributed by atoms with E-state index in [9.17, 15) is 0 Å². The van der Waals surface area contributed by atoms with E-state index in [-0.39, 0.29) is 0 Å². The largest absolute Gasteiger partial charge is 0.385 e. The molecule has 0 aliphatic carbocycles. The lowest BCUT2D eigenvalue weighted by atomic mass is 10.2. The van der Waals surface area contributed by atoms with E-state index in [0.717, 1.165) is 13.1 Å². The van der Waals surface area contributed by atoms with Crippen molar-refractivity contribution >= 4 is 17.4 Å². The molecule has 1 aromatic heterocycles. The van der Waals surface area contributed by atoms with Crippen LogP contribution in [0.2, 0.25) is 0 Å². The summed E-state index contributed by atoms with van der Waals surface area (Å²) in [5.74, 6) is 2.44. The topological polar surface area (TPSA) is 29.9 Å². The molecule has 0 bridgehead atoms. The zero-order valence-electron chi connectivity index (χ0n) is 11.4. The number of anilines is 1. The highest BCUT2D eigenvalue weighted by Gasteiger charge is 1.97. The van der Waals surface area contributed by atoms with Gasteiger partial charge in [-0.3, -0.25) is 4.68 Å². The number of hydrogen-bond donors (Lipinski definition) is 1. The molecule has 0 amide bonds. The van der Waals surface area contributed by atoms with Gasteiger partial charge in [0.15, 0.2) is 0 Å². The van der Waals surface area contributed by atoms with Gasteiger partial charge in [-0.1, -0.05) is 19.1 Å². The molecule has 102 valence electrons. The predicted molar refractivity (Wildman–Crippen MR) is 83.9 cm³/mol. The molecule has 0 fully saturated rings. The summed E-state index contributed by atoms with van der Waals surface area (Å²) in [4.78, 5) is 0. The average Bonchev–Trinajstić information content (AvgIpc) is 2.92. The Hall–Kier alpha value is -1.42. The van der Waals surface area contributed by atoms with E-state index in [4.69, 9.17) is 0 Å². The second-order valence-electron chi connectivity index (χ2n) is 4.38. The number of nitrogens with one attached hydrogen (secondary N) is 1. The van der Waals surface area contributed by atoms with Crippen LogP contribution in [0.15, 0.2) is 42.7 Å². The standard InChI is InChI=1S/C15H21N3S/c1-2-19-11-5-8-16-15-7-3-6-14(12-15)13-18-10-4-9-17-18/h3-4,6-7,9-10,12,16H,2,5,8,11,13H2,1H3. The summed E-state index contributed by atoms with van der Waals surface area (Å²) in [7, 11) is 0. The molecule has 0 saturated heterocycles. The van der Waals surface area contributed by atoms with E-state index in [1.807, 2.05) is 34.9 Å². The maximum absolute atomic E-state index is 4.23. The Kier molecular flexibility index (Phi) is 5.82. The molecule has 4 heteroatoms. The molecule has 2 aromatic rings. The van der Waals surface area contributed by atoms with Crippen molar-refractivity contribution in [3.8, 4) is 0 Å².